The number of piperidine rings is 1. The minimum atomic E-state index is 0. The zero-order chi connectivity index (χ0) is 16.0. The molecule has 1 aromatic carbocycles. The van der Waals surface area contributed by atoms with Crippen molar-refractivity contribution in [3.63, 3.8) is 0 Å². The van der Waals surface area contributed by atoms with Crippen molar-refractivity contribution < 1.29 is 4.79 Å². The van der Waals surface area contributed by atoms with E-state index < -0.39 is 0 Å². The lowest BCUT2D eigenvalue weighted by atomic mass is 9.78. The first kappa shape index (κ1) is 18.3. The molecule has 2 atom stereocenters. The van der Waals surface area contributed by atoms with Crippen LogP contribution in [-0.4, -0.2) is 37.0 Å². The summed E-state index contributed by atoms with van der Waals surface area (Å²) in [4.78, 5) is 14.8. The largest absolute Gasteiger partial charge is 0.342 e. The van der Waals surface area contributed by atoms with Gasteiger partial charge in [0.05, 0.1) is 10.0 Å². The third kappa shape index (κ3) is 3.41. The zero-order valence-corrected chi connectivity index (χ0v) is 15.9. The topological polar surface area (TPSA) is 32.3 Å². The Labute approximate surface area is 159 Å². The molecule has 3 fully saturated rings. The second kappa shape index (κ2) is 7.03. The number of halogens is 3. The molecule has 2 aliphatic heterocycles. The van der Waals surface area contributed by atoms with E-state index in [0.717, 1.165) is 51.0 Å². The van der Waals surface area contributed by atoms with Gasteiger partial charge in [0.1, 0.15) is 0 Å². The van der Waals surface area contributed by atoms with E-state index in [0.29, 0.717) is 27.3 Å². The standard InChI is InChI=1S/C18H22Cl2N2O.ClH/c19-15-2-1-12(9-16(15)20)13-10-14(13)17(23)22-7-4-18(5-8-22)3-6-21-11-18;/h1-2,9,13-14,21H,3-8,10-11H2;1H. The van der Waals surface area contributed by atoms with Gasteiger partial charge in [0, 0.05) is 25.6 Å². The van der Waals surface area contributed by atoms with E-state index >= 15 is 0 Å². The van der Waals surface area contributed by atoms with E-state index in [9.17, 15) is 4.79 Å². The third-order valence-electron chi connectivity index (χ3n) is 5.95. The smallest absolute Gasteiger partial charge is 0.226 e. The number of nitrogens with zero attached hydrogens (tertiary/aromatic N) is 1. The summed E-state index contributed by atoms with van der Waals surface area (Å²) in [7, 11) is 0. The molecule has 6 heteroatoms. The van der Waals surface area contributed by atoms with Gasteiger partial charge in [-0.05, 0) is 61.3 Å². The molecular weight excluding hydrogens is 367 g/mol. The van der Waals surface area contributed by atoms with Gasteiger partial charge >= 0.3 is 0 Å². The Balaban J connectivity index is 0.00000169. The Morgan fingerprint density at radius 2 is 1.92 bits per heavy atom. The monoisotopic (exact) mass is 388 g/mol. The van der Waals surface area contributed by atoms with Crippen LogP contribution in [0.25, 0.3) is 0 Å². The first-order valence-corrected chi connectivity index (χ1v) is 9.28. The van der Waals surface area contributed by atoms with Crippen LogP contribution < -0.4 is 5.32 Å². The molecule has 0 radical (unpaired) electrons. The summed E-state index contributed by atoms with van der Waals surface area (Å²) >= 11 is 12.1. The quantitative estimate of drug-likeness (QED) is 0.825. The van der Waals surface area contributed by atoms with E-state index in [1.54, 1.807) is 0 Å². The van der Waals surface area contributed by atoms with Crippen LogP contribution in [0.5, 0.6) is 0 Å². The van der Waals surface area contributed by atoms with Gasteiger partial charge in [-0.25, -0.2) is 0 Å². The Bertz CT molecular complexity index is 621. The van der Waals surface area contributed by atoms with Gasteiger partial charge in [0.2, 0.25) is 5.91 Å². The Morgan fingerprint density at radius 3 is 2.54 bits per heavy atom. The molecule has 0 aromatic heterocycles. The molecule has 132 valence electrons. The van der Waals surface area contributed by atoms with Gasteiger partial charge in [0.15, 0.2) is 0 Å². The summed E-state index contributed by atoms with van der Waals surface area (Å²) in [5.41, 5.74) is 1.61. The summed E-state index contributed by atoms with van der Waals surface area (Å²) in [6, 6.07) is 5.75. The summed E-state index contributed by atoms with van der Waals surface area (Å²) in [6.07, 6.45) is 4.51. The third-order valence-corrected chi connectivity index (χ3v) is 6.69. The van der Waals surface area contributed by atoms with Crippen LogP contribution in [-0.2, 0) is 4.79 Å². The number of hydrogen-bond acceptors (Lipinski definition) is 2. The normalized spacial score (nSPS) is 27.8. The van der Waals surface area contributed by atoms with Gasteiger partial charge in [0.25, 0.3) is 0 Å². The molecular formula is C18H23Cl3N2O. The predicted octanol–water partition coefficient (Wildman–Crippen LogP) is 4.12. The molecule has 4 rings (SSSR count). The average Bonchev–Trinajstić information content (AvgIpc) is 3.24. The van der Waals surface area contributed by atoms with E-state index in [4.69, 9.17) is 23.2 Å². The number of amides is 1. The van der Waals surface area contributed by atoms with Gasteiger partial charge in [-0.3, -0.25) is 4.79 Å². The van der Waals surface area contributed by atoms with Crippen LogP contribution in [0.4, 0.5) is 0 Å². The van der Waals surface area contributed by atoms with Crippen molar-refractivity contribution in [3.05, 3.63) is 33.8 Å². The van der Waals surface area contributed by atoms with E-state index in [2.05, 4.69) is 10.2 Å². The molecule has 3 aliphatic rings. The molecule has 1 aromatic rings. The number of benzene rings is 1. The Kier molecular flexibility index (Phi) is 5.36. The van der Waals surface area contributed by atoms with Crippen LogP contribution in [0.1, 0.15) is 37.2 Å². The molecule has 2 unspecified atom stereocenters. The lowest BCUT2D eigenvalue weighted by molar-refractivity contribution is -0.134. The van der Waals surface area contributed by atoms with Crippen LogP contribution in [0.3, 0.4) is 0 Å². The van der Waals surface area contributed by atoms with Crippen molar-refractivity contribution in [2.24, 2.45) is 11.3 Å². The second-order valence-corrected chi connectivity index (χ2v) is 8.19. The number of rotatable bonds is 2. The van der Waals surface area contributed by atoms with Crippen molar-refractivity contribution in [1.82, 2.24) is 10.2 Å². The van der Waals surface area contributed by atoms with Crippen LogP contribution in [0.15, 0.2) is 18.2 Å². The van der Waals surface area contributed by atoms with Gasteiger partial charge in [-0.1, -0.05) is 29.3 Å². The highest BCUT2D eigenvalue weighted by molar-refractivity contribution is 6.42. The van der Waals surface area contributed by atoms with Crippen molar-refractivity contribution in [3.8, 4) is 0 Å². The summed E-state index contributed by atoms with van der Waals surface area (Å²) < 4.78 is 0. The molecule has 1 N–H and O–H groups in total. The van der Waals surface area contributed by atoms with Gasteiger partial charge in [-0.15, -0.1) is 12.4 Å². The van der Waals surface area contributed by atoms with E-state index in [1.807, 2.05) is 18.2 Å². The van der Waals surface area contributed by atoms with E-state index in [-0.39, 0.29) is 18.3 Å². The Hall–Kier alpha value is -0.480. The number of carbonyl (C=O) groups is 1. The molecule has 1 saturated carbocycles. The fourth-order valence-corrected chi connectivity index (χ4v) is 4.54. The minimum absolute atomic E-state index is 0. The van der Waals surface area contributed by atoms with Crippen molar-refractivity contribution >= 4 is 41.5 Å². The molecule has 2 saturated heterocycles. The van der Waals surface area contributed by atoms with Crippen LogP contribution >= 0.6 is 35.6 Å². The average molecular weight is 390 g/mol. The predicted molar refractivity (Wildman–Crippen MR) is 100 cm³/mol. The fourth-order valence-electron chi connectivity index (χ4n) is 4.24. The van der Waals surface area contributed by atoms with Crippen molar-refractivity contribution in [2.45, 2.75) is 31.6 Å². The number of hydrogen-bond donors (Lipinski definition) is 1. The number of nitrogens with one attached hydrogen (secondary N) is 1. The molecule has 24 heavy (non-hydrogen) atoms. The van der Waals surface area contributed by atoms with Crippen LogP contribution in [0, 0.1) is 11.3 Å². The highest BCUT2D eigenvalue weighted by Crippen LogP contribution is 2.50. The maximum atomic E-state index is 12.8. The lowest BCUT2D eigenvalue weighted by Crippen LogP contribution is -2.44. The first-order valence-electron chi connectivity index (χ1n) is 8.52. The van der Waals surface area contributed by atoms with E-state index in [1.165, 1.54) is 6.42 Å². The zero-order valence-electron chi connectivity index (χ0n) is 13.6. The summed E-state index contributed by atoms with van der Waals surface area (Å²) in [5.74, 6) is 0.797. The fraction of sp³-hybridized carbons (Fsp3) is 0.611. The number of likely N-dealkylation sites (tertiary alicyclic amines) is 1. The highest BCUT2D eigenvalue weighted by Gasteiger charge is 2.47. The lowest BCUT2D eigenvalue weighted by Gasteiger charge is -2.39. The molecule has 3 nitrogen and oxygen atoms in total. The Morgan fingerprint density at radius 1 is 1.17 bits per heavy atom. The van der Waals surface area contributed by atoms with Crippen molar-refractivity contribution in [2.75, 3.05) is 26.2 Å². The number of carbonyl (C=O) groups excluding carboxylic acids is 1. The molecule has 0 bridgehead atoms. The molecule has 1 amide bonds. The molecule has 1 spiro atoms. The summed E-state index contributed by atoms with van der Waals surface area (Å²) in [6.45, 7) is 4.11. The maximum absolute atomic E-state index is 12.8. The second-order valence-electron chi connectivity index (χ2n) is 7.37. The van der Waals surface area contributed by atoms with Gasteiger partial charge in [-0.2, -0.15) is 0 Å². The first-order chi connectivity index (χ1) is 11.1. The maximum Gasteiger partial charge on any atom is 0.226 e. The summed E-state index contributed by atoms with van der Waals surface area (Å²) in [5, 5.41) is 4.63. The SMILES string of the molecule is Cl.O=C(C1CC1c1ccc(Cl)c(Cl)c1)N1CCC2(CCNC2)CC1. The van der Waals surface area contributed by atoms with Crippen LogP contribution in [0.2, 0.25) is 10.0 Å². The molecule has 2 heterocycles. The van der Waals surface area contributed by atoms with Gasteiger partial charge < -0.3 is 10.2 Å². The minimum Gasteiger partial charge on any atom is -0.342 e. The molecule has 1 aliphatic carbocycles. The van der Waals surface area contributed by atoms with Crippen molar-refractivity contribution in [1.29, 1.82) is 0 Å². The highest BCUT2D eigenvalue weighted by atomic mass is 35.5.